The molecule has 0 amide bonds. The summed E-state index contributed by atoms with van der Waals surface area (Å²) < 4.78 is 607. The summed E-state index contributed by atoms with van der Waals surface area (Å²) in [6, 6.07) is 0. The molecule has 59 nitrogen and oxygen atoms in total. The highest BCUT2D eigenvalue weighted by molar-refractivity contribution is 7.91. The average molecular weight is 2110 g/mol. The van der Waals surface area contributed by atoms with Crippen molar-refractivity contribution in [2.45, 2.75) is 92.3 Å². The van der Waals surface area contributed by atoms with Crippen LogP contribution in [0.15, 0.2) is 0 Å². The Morgan fingerprint density at radius 3 is 0.835 bits per heavy atom. The third kappa shape index (κ3) is 21.6. The van der Waals surface area contributed by atoms with Crippen LogP contribution in [-0.4, -0.2) is 289 Å². The van der Waals surface area contributed by atoms with Crippen molar-refractivity contribution in [2.75, 3.05) is 52.9 Å². The Kier molecular flexibility index (Phi) is 26.7. The third-order valence-electron chi connectivity index (χ3n) is 14.1. The standard InChI is InChI=1S/C7H6F6O8S2.2C5H4F4O8S2.C5H4O10S2.C4H4F2O7S2.C3O10S2.C3H4O8S2/c8-6(9,10)3-5(1-18-22(14,15)20-3)2-19-23(16,17)21-4(5)7(11,12)13;6-1-5(2(7)15-18(10,11)14-1)3(8)16-19(12,13)17-4(5)9;6-4(7)3(1-14-18(10,11)16-4)2-15-19(12,13)17-5(3,8)9;6-3-5(1-12-16(8,9)14-3)2-13-17(10,11)15-4(5)7;1-14(7)10-2(5)4(12-14)3(6)11-15(8,9)13-4;4-1-3(12-14(6,7)10-1)2(5)11-15(8,9)13-3;4-12(5)8-1-3(10-12)2-9-13(6,7)11-3/h3-4H,1-2H2;1-4H;1-2H2;1-2H2;2-3H,1H2;;1-2H2. The highest BCUT2D eigenvalue weighted by Gasteiger charge is 2.80. The van der Waals surface area contributed by atoms with Crippen LogP contribution in [0.5, 0.6) is 0 Å². The van der Waals surface area contributed by atoms with Crippen molar-refractivity contribution in [1.29, 1.82) is 0 Å². The first-order valence-corrected chi connectivity index (χ1v) is 46.2. The topological polar surface area (TPSA) is 788 Å². The van der Waals surface area contributed by atoms with Crippen molar-refractivity contribution in [2.24, 2.45) is 21.7 Å². The molecule has 704 valence electrons. The van der Waals surface area contributed by atoms with Gasteiger partial charge in [-0.1, -0.05) is 0 Å². The van der Waals surface area contributed by atoms with Crippen molar-refractivity contribution in [3.63, 3.8) is 0 Å². The van der Waals surface area contributed by atoms with Crippen LogP contribution in [0.3, 0.4) is 0 Å². The van der Waals surface area contributed by atoms with E-state index >= 15 is 0 Å². The second-order valence-electron chi connectivity index (χ2n) is 22.3. The lowest BCUT2D eigenvalue weighted by Gasteiger charge is -2.48. The Balaban J connectivity index is 0.000000177. The van der Waals surface area contributed by atoms with Crippen molar-refractivity contribution in [3.05, 3.63) is 0 Å². The minimum atomic E-state index is -5.62. The Bertz CT molecular complexity index is 5480. The molecule has 14 aliphatic heterocycles. The second kappa shape index (κ2) is 31.8. The fourth-order valence-corrected chi connectivity index (χ4v) is 20.7. The molecule has 121 heavy (non-hydrogen) atoms. The van der Waals surface area contributed by atoms with Crippen LogP contribution in [-0.2, 0) is 282 Å². The minimum Gasteiger partial charge on any atom is -0.323 e. The Labute approximate surface area is 658 Å². The van der Waals surface area contributed by atoms with Gasteiger partial charge in [0.15, 0.2) is 17.6 Å². The molecular weight excluding hydrogens is 2080 g/mol. The van der Waals surface area contributed by atoms with Crippen LogP contribution in [0.4, 0.5) is 70.2 Å². The van der Waals surface area contributed by atoms with E-state index in [9.17, 15) is 203 Å². The van der Waals surface area contributed by atoms with Crippen LogP contribution in [0.1, 0.15) is 0 Å². The van der Waals surface area contributed by atoms with Gasteiger partial charge in [0, 0.05) is 5.87 Å². The molecule has 0 aromatic carbocycles. The maximum atomic E-state index is 13.5. The fourth-order valence-electron chi connectivity index (χ4n) is 8.73. The summed E-state index contributed by atoms with van der Waals surface area (Å²) >= 11 is 0. The van der Waals surface area contributed by atoms with Crippen LogP contribution in [0.25, 0.3) is 0 Å². The minimum absolute atomic E-state index is 0.533. The zero-order chi connectivity index (χ0) is 92.9. The van der Waals surface area contributed by atoms with E-state index in [0.29, 0.717) is 0 Å². The predicted molar refractivity (Wildman–Crippen MR) is 297 cm³/mol. The summed E-state index contributed by atoms with van der Waals surface area (Å²) in [5.41, 5.74) is -13.0. The summed E-state index contributed by atoms with van der Waals surface area (Å²) in [5.74, 6) is -12.1. The molecule has 0 aromatic heterocycles. The van der Waals surface area contributed by atoms with Gasteiger partial charge in [0.25, 0.3) is 18.5 Å². The molecule has 7 spiro atoms. The van der Waals surface area contributed by atoms with Gasteiger partial charge in [-0.3, -0.25) is 0 Å². The van der Waals surface area contributed by atoms with Crippen LogP contribution >= 0.6 is 0 Å². The highest BCUT2D eigenvalue weighted by Crippen LogP contribution is 2.57. The largest absolute Gasteiger partial charge is 0.455 e. The van der Waals surface area contributed by atoms with Gasteiger partial charge in [0.1, 0.15) is 13.2 Å². The molecule has 14 fully saturated rings. The SMILES string of the molecule is C=S1(=O)OC(F)C2(O1)OS(=O)(=O)OC2F.O=C1OS(=O)(=O)OC12OS(=O)(=O)OC2=O.O=C1OS(=O)(=O)OCC12COS(=O)(=O)OC2=O.O=S1(=O)OC(F)C2(C(F)O1)C(F)OS(=O)(=O)OC2F.O=S1(=O)OCC2(COS(=O)(=O)O2)O1.O=S1(=O)OCC2(COS(=O)(=O)OC2(F)F)C(F)(F)O1.O=S1(=O)OCC2(COS(=O)(=O)OC2C(F)(F)F)C(C(F)(F)F)O1. The molecule has 10 unspecified atom stereocenters. The zero-order valence-corrected chi connectivity index (χ0v) is 65.8. The van der Waals surface area contributed by atoms with Gasteiger partial charge in [0.2, 0.25) is 46.3 Å². The normalized spacial score (nSPS) is 38.3. The molecule has 14 aliphatic rings. The van der Waals surface area contributed by atoms with E-state index in [1.165, 1.54) is 0 Å². The van der Waals surface area contributed by atoms with Crippen molar-refractivity contribution >= 4 is 175 Å². The van der Waals surface area contributed by atoms with E-state index in [-0.39, 0.29) is 0 Å². The molecule has 0 radical (unpaired) electrons. The zero-order valence-electron chi connectivity index (χ0n) is 54.3. The van der Waals surface area contributed by atoms with E-state index in [0.717, 1.165) is 0 Å². The maximum Gasteiger partial charge on any atom is 0.455 e. The van der Waals surface area contributed by atoms with Crippen molar-refractivity contribution in [1.82, 2.24) is 0 Å². The van der Waals surface area contributed by atoms with Crippen LogP contribution < -0.4 is 0 Å². The van der Waals surface area contributed by atoms with Crippen molar-refractivity contribution in [3.8, 4) is 0 Å². The van der Waals surface area contributed by atoms with Gasteiger partial charge < -0.3 is 16.7 Å². The molecule has 0 bridgehead atoms. The number of hydrogen-bond donors (Lipinski definition) is 0. The van der Waals surface area contributed by atoms with E-state index in [4.69, 9.17) is 0 Å². The van der Waals surface area contributed by atoms with Crippen LogP contribution in [0, 0.1) is 21.7 Å². The lowest BCUT2D eigenvalue weighted by Crippen LogP contribution is -2.68. The number of carbonyl (C=O) groups is 4. The summed E-state index contributed by atoms with van der Waals surface area (Å²) in [4.78, 5) is 44.5. The van der Waals surface area contributed by atoms with E-state index in [1.54, 1.807) is 0 Å². The Hall–Kier alpha value is -4.83. The molecule has 0 aromatic rings. The first-order chi connectivity index (χ1) is 53.8. The third-order valence-corrected chi connectivity index (χ3v) is 25.8. The Morgan fingerprint density at radius 2 is 0.579 bits per heavy atom. The molecule has 0 aliphatic carbocycles. The smallest absolute Gasteiger partial charge is 0.323 e. The summed E-state index contributed by atoms with van der Waals surface area (Å²) in [6.07, 6.45) is -47.8. The summed E-state index contributed by atoms with van der Waals surface area (Å²) in [7, 11) is -66.8. The number of halogens is 16. The van der Waals surface area contributed by atoms with E-state index in [1.807, 2.05) is 0 Å². The molecule has 0 N–H and O–H groups in total. The molecule has 14 rings (SSSR count). The van der Waals surface area contributed by atoms with Crippen molar-refractivity contribution < 1.29 is 320 Å². The van der Waals surface area contributed by atoms with Gasteiger partial charge in [-0.15, -0.1) is 0 Å². The molecule has 14 heterocycles. The Morgan fingerprint density at radius 1 is 0.289 bits per heavy atom. The second-order valence-corrected chi connectivity index (χ2v) is 39.5. The first kappa shape index (κ1) is 102. The molecular formula is C32H26F16O59S14. The van der Waals surface area contributed by atoms with Gasteiger partial charge in [0.05, 0.1) is 45.1 Å². The van der Waals surface area contributed by atoms with E-state index < -0.39 is 336 Å². The molecule has 0 saturated carbocycles. The van der Waals surface area contributed by atoms with Gasteiger partial charge >= 0.3 is 195 Å². The lowest BCUT2D eigenvalue weighted by molar-refractivity contribution is -0.404. The number of carbonyl (C=O) groups excluding carboxylic acids is 4. The van der Waals surface area contributed by atoms with Gasteiger partial charge in [-0.05, 0) is 0 Å². The highest BCUT2D eigenvalue weighted by atomic mass is 32.3. The summed E-state index contributed by atoms with van der Waals surface area (Å²) in [6.45, 7) is -9.94. The molecule has 14 saturated heterocycles. The quantitative estimate of drug-likeness (QED) is 0.123. The monoisotopic (exact) mass is 2110 g/mol. The molecule has 10 atom stereocenters. The lowest BCUT2D eigenvalue weighted by atomic mass is 9.77. The van der Waals surface area contributed by atoms with E-state index in [2.05, 4.69) is 123 Å². The first-order valence-electron chi connectivity index (χ1n) is 27.3. The summed E-state index contributed by atoms with van der Waals surface area (Å²) in [5, 5.41) is 0. The molecule has 89 heteroatoms. The van der Waals surface area contributed by atoms with Crippen LogP contribution in [0.2, 0.25) is 0 Å². The predicted octanol–water partition coefficient (Wildman–Crippen LogP) is -7.75. The van der Waals surface area contributed by atoms with Gasteiger partial charge in [-0.2, -0.15) is 174 Å². The maximum absolute atomic E-state index is 13.5. The van der Waals surface area contributed by atoms with Gasteiger partial charge in [-0.25, -0.2) is 129 Å². The fraction of sp³-hybridized carbons (Fsp3) is 0.844. The average Bonchev–Trinajstić information content (AvgIpc) is 1.66. The number of hydrogen-bond acceptors (Lipinski definition) is 59. The number of alkyl halides is 16. The number of rotatable bonds is 0.